The highest BCUT2D eigenvalue weighted by atomic mass is 16.5. The first-order valence-electron chi connectivity index (χ1n) is 16.1. The van der Waals surface area contributed by atoms with Crippen molar-refractivity contribution < 1.29 is 14.6 Å². The number of carbonyl (C=O) groups is 1. The van der Waals surface area contributed by atoms with E-state index in [1.54, 1.807) is 0 Å². The summed E-state index contributed by atoms with van der Waals surface area (Å²) >= 11 is 0. The number of ether oxygens (including phenoxy) is 1. The Labute approximate surface area is 261 Å². The van der Waals surface area contributed by atoms with Crippen LogP contribution >= 0.6 is 0 Å². The highest BCUT2D eigenvalue weighted by molar-refractivity contribution is 5.94. The summed E-state index contributed by atoms with van der Waals surface area (Å²) < 4.78 is 6.86. The number of anilines is 1. The van der Waals surface area contributed by atoms with E-state index in [1.165, 1.54) is 27.8 Å². The Morgan fingerprint density at radius 3 is 2.61 bits per heavy atom. The lowest BCUT2D eigenvalue weighted by Gasteiger charge is -2.60. The third kappa shape index (κ3) is 4.47. The van der Waals surface area contributed by atoms with E-state index in [2.05, 4.69) is 86.0 Å². The van der Waals surface area contributed by atoms with Gasteiger partial charge < -0.3 is 19.6 Å². The Balaban J connectivity index is 1.23. The van der Waals surface area contributed by atoms with Crippen LogP contribution in [0, 0.1) is 31.6 Å². The molecule has 4 aliphatic rings. The highest BCUT2D eigenvalue weighted by Crippen LogP contribution is 2.65. The van der Waals surface area contributed by atoms with E-state index >= 15 is 0 Å². The van der Waals surface area contributed by atoms with Crippen molar-refractivity contribution in [3.63, 3.8) is 0 Å². The zero-order valence-corrected chi connectivity index (χ0v) is 26.6. The quantitative estimate of drug-likeness (QED) is 0.413. The molecule has 6 nitrogen and oxygen atoms in total. The molecule has 0 radical (unpaired) electrons. The molecule has 2 bridgehead atoms. The van der Waals surface area contributed by atoms with Gasteiger partial charge in [0.05, 0.1) is 6.04 Å². The van der Waals surface area contributed by atoms with Gasteiger partial charge in [0.15, 0.2) is 11.5 Å². The minimum absolute atomic E-state index is 0.120. The van der Waals surface area contributed by atoms with Crippen molar-refractivity contribution in [1.82, 2.24) is 9.80 Å². The molecular formula is C38H43N3O3. The summed E-state index contributed by atoms with van der Waals surface area (Å²) in [6.45, 7) is 6.16. The van der Waals surface area contributed by atoms with Crippen LogP contribution in [0.2, 0.25) is 0 Å². The van der Waals surface area contributed by atoms with Crippen molar-refractivity contribution in [2.75, 3.05) is 39.1 Å². The Bertz CT molecular complexity index is 1670. The number of aromatic hydroxyl groups is 1. The van der Waals surface area contributed by atoms with Crippen LogP contribution in [0.3, 0.4) is 0 Å². The molecule has 1 saturated carbocycles. The monoisotopic (exact) mass is 589 g/mol. The van der Waals surface area contributed by atoms with Crippen molar-refractivity contribution in [3.05, 3.63) is 88.0 Å². The lowest BCUT2D eigenvalue weighted by atomic mass is 9.50. The molecule has 2 aliphatic carbocycles. The van der Waals surface area contributed by atoms with Crippen molar-refractivity contribution >= 4 is 11.6 Å². The predicted octanol–water partition coefficient (Wildman–Crippen LogP) is 5.24. The molecule has 1 amide bonds. The molecule has 1 saturated heterocycles. The number of hydrogen-bond acceptors (Lipinski definition) is 5. The minimum atomic E-state index is -0.237. The maximum absolute atomic E-state index is 13.6. The van der Waals surface area contributed by atoms with Gasteiger partial charge in [-0.15, -0.1) is 0 Å². The van der Waals surface area contributed by atoms with Gasteiger partial charge in [-0.1, -0.05) is 42.3 Å². The fraction of sp³-hybridized carbons (Fsp3) is 0.447. The van der Waals surface area contributed by atoms with E-state index in [1.807, 2.05) is 30.1 Å². The number of hydrogen-bond donors (Lipinski definition) is 1. The maximum Gasteiger partial charge on any atom is 0.298 e. The molecular weight excluding hydrogens is 546 g/mol. The fourth-order valence-electron chi connectivity index (χ4n) is 8.84. The lowest BCUT2D eigenvalue weighted by molar-refractivity contribution is -0.134. The number of phenols is 1. The van der Waals surface area contributed by atoms with Gasteiger partial charge in [0.1, 0.15) is 6.10 Å². The number of carbonyl (C=O) groups excluding carboxylic acids is 1. The second-order valence-electron chi connectivity index (χ2n) is 13.6. The number of aryl methyl sites for hydroxylation is 2. The standard InChI is InChI=1S/C38H43N3O3/c1-24-11-12-27(21-25(24)2)13-16-34(43)40(5)30-15-14-29-32-22-28-31(39(3)4)23-33(42)36-35(28)38(29,37(30)44-36)18-20-41(32)19-17-26-9-7-6-8-10-26/h6-12,21,23,29-30,32,37,42H,14-15,17-20,22H2,1-5H3/t29-,30+,32+,37-,38-/m0/s1. The summed E-state index contributed by atoms with van der Waals surface area (Å²) in [5.74, 6) is 7.11. The van der Waals surface area contributed by atoms with E-state index in [-0.39, 0.29) is 29.2 Å². The Kier molecular flexibility index (Phi) is 7.13. The van der Waals surface area contributed by atoms with Gasteiger partial charge in [0, 0.05) is 67.9 Å². The van der Waals surface area contributed by atoms with E-state index in [0.717, 1.165) is 56.4 Å². The normalized spacial score (nSPS) is 26.2. The van der Waals surface area contributed by atoms with Gasteiger partial charge >= 0.3 is 0 Å². The molecule has 7 rings (SSSR count). The molecule has 6 heteroatoms. The number of piperidine rings is 1. The van der Waals surface area contributed by atoms with Gasteiger partial charge in [-0.25, -0.2) is 0 Å². The second kappa shape index (κ2) is 10.9. The number of amides is 1. The van der Waals surface area contributed by atoms with Gasteiger partial charge in [-0.2, -0.15) is 0 Å². The first-order valence-corrected chi connectivity index (χ1v) is 16.1. The van der Waals surface area contributed by atoms with Crippen molar-refractivity contribution in [2.24, 2.45) is 5.92 Å². The van der Waals surface area contributed by atoms with Gasteiger partial charge in [-0.3, -0.25) is 9.69 Å². The number of rotatable bonds is 5. The maximum atomic E-state index is 13.6. The fourth-order valence-corrected chi connectivity index (χ4v) is 8.84. The number of likely N-dealkylation sites (tertiary alicyclic amines) is 1. The van der Waals surface area contributed by atoms with E-state index in [4.69, 9.17) is 4.74 Å². The van der Waals surface area contributed by atoms with Crippen LogP contribution in [-0.4, -0.2) is 73.2 Å². The van der Waals surface area contributed by atoms with E-state index in [9.17, 15) is 9.90 Å². The van der Waals surface area contributed by atoms with E-state index < -0.39 is 0 Å². The van der Waals surface area contributed by atoms with Crippen LogP contribution in [0.25, 0.3) is 0 Å². The molecule has 228 valence electrons. The molecule has 44 heavy (non-hydrogen) atoms. The molecule has 1 spiro atoms. The first-order chi connectivity index (χ1) is 21.2. The Morgan fingerprint density at radius 1 is 1.07 bits per heavy atom. The number of likely N-dealkylation sites (N-methyl/N-ethyl adjacent to an activating group) is 1. The van der Waals surface area contributed by atoms with Crippen molar-refractivity contribution in [1.29, 1.82) is 0 Å². The van der Waals surface area contributed by atoms with Crippen molar-refractivity contribution in [3.8, 4) is 23.3 Å². The first kappa shape index (κ1) is 28.8. The van der Waals surface area contributed by atoms with E-state index in [0.29, 0.717) is 17.7 Å². The van der Waals surface area contributed by atoms with Crippen LogP contribution in [0.15, 0.2) is 54.6 Å². The Morgan fingerprint density at radius 2 is 1.86 bits per heavy atom. The van der Waals surface area contributed by atoms with Gasteiger partial charge in [0.25, 0.3) is 5.91 Å². The molecule has 2 fully saturated rings. The summed E-state index contributed by atoms with van der Waals surface area (Å²) in [6.07, 6.45) is 4.60. The number of phenolic OH excluding ortho intramolecular Hbond substituents is 1. The number of nitrogens with zero attached hydrogens (tertiary/aromatic N) is 3. The summed E-state index contributed by atoms with van der Waals surface area (Å²) in [5.41, 5.74) is 7.96. The van der Waals surface area contributed by atoms with Gasteiger partial charge in [-0.05, 0) is 92.8 Å². The largest absolute Gasteiger partial charge is 0.504 e. The summed E-state index contributed by atoms with van der Waals surface area (Å²) in [5, 5.41) is 11.3. The summed E-state index contributed by atoms with van der Waals surface area (Å²) in [7, 11) is 6.00. The minimum Gasteiger partial charge on any atom is -0.504 e. The zero-order valence-electron chi connectivity index (χ0n) is 26.6. The molecule has 3 aromatic carbocycles. The third-order valence-electron chi connectivity index (χ3n) is 11.2. The van der Waals surface area contributed by atoms with Crippen LogP contribution in [0.5, 0.6) is 11.5 Å². The molecule has 0 aromatic heterocycles. The second-order valence-corrected chi connectivity index (χ2v) is 13.6. The summed E-state index contributed by atoms with van der Waals surface area (Å²) in [4.78, 5) is 20.2. The highest BCUT2D eigenvalue weighted by Gasteiger charge is 2.66. The smallest absolute Gasteiger partial charge is 0.298 e. The molecule has 3 aromatic rings. The average Bonchev–Trinajstić information content (AvgIpc) is 3.37. The number of benzene rings is 3. The van der Waals surface area contributed by atoms with Gasteiger partial charge in [0.2, 0.25) is 0 Å². The van der Waals surface area contributed by atoms with Crippen LogP contribution in [-0.2, 0) is 23.1 Å². The van der Waals surface area contributed by atoms with Crippen LogP contribution in [0.1, 0.15) is 52.6 Å². The predicted molar refractivity (Wildman–Crippen MR) is 174 cm³/mol. The van der Waals surface area contributed by atoms with Crippen LogP contribution in [0.4, 0.5) is 5.69 Å². The summed E-state index contributed by atoms with van der Waals surface area (Å²) in [6, 6.07) is 19.0. The SMILES string of the molecule is Cc1ccc(C#CC(=O)N(C)[C@@H]2CC[C@H]3[C@H]4Cc5c(N(C)C)cc(O)c6c5[C@@]3(CCN4CCc3ccccc3)[C@H]2O6)cc1C. The van der Waals surface area contributed by atoms with Crippen LogP contribution < -0.4 is 9.64 Å². The molecule has 5 atom stereocenters. The molecule has 2 heterocycles. The topological polar surface area (TPSA) is 56.2 Å². The molecule has 0 unspecified atom stereocenters. The molecule has 2 aliphatic heterocycles. The zero-order chi connectivity index (χ0) is 30.7. The Hall–Kier alpha value is -3.95. The van der Waals surface area contributed by atoms with Crippen molar-refractivity contribution in [2.45, 2.75) is 69.6 Å². The molecule has 1 N–H and O–H groups in total. The average molecular weight is 590 g/mol. The third-order valence-corrected chi connectivity index (χ3v) is 11.2. The lowest BCUT2D eigenvalue weighted by Crippen LogP contribution is -2.69.